The minimum atomic E-state index is -0.540. The van der Waals surface area contributed by atoms with Crippen LogP contribution in [0.15, 0.2) is 17.1 Å². The Bertz CT molecular complexity index is 790. The second kappa shape index (κ2) is 11.1. The van der Waals surface area contributed by atoms with E-state index in [-0.39, 0.29) is 30.1 Å². The van der Waals surface area contributed by atoms with Crippen LogP contribution in [-0.2, 0) is 17.7 Å². The lowest BCUT2D eigenvalue weighted by Gasteiger charge is -2.29. The quantitative estimate of drug-likeness (QED) is 0.286. The van der Waals surface area contributed by atoms with Crippen molar-refractivity contribution in [2.45, 2.75) is 71.8 Å². The molecule has 1 aromatic rings. The van der Waals surface area contributed by atoms with Crippen molar-refractivity contribution < 1.29 is 19.0 Å². The second-order valence-corrected chi connectivity index (χ2v) is 9.19. The zero-order valence-corrected chi connectivity index (χ0v) is 22.2. The number of alkyl carbamates (subject to hydrolysis) is 1. The normalized spacial score (nSPS) is 15.9. The van der Waals surface area contributed by atoms with Crippen molar-refractivity contribution in [2.24, 2.45) is 4.99 Å². The van der Waals surface area contributed by atoms with E-state index in [1.807, 2.05) is 46.8 Å². The summed E-state index contributed by atoms with van der Waals surface area (Å²) in [5.74, 6) is 2.35. The van der Waals surface area contributed by atoms with Gasteiger partial charge in [0.2, 0.25) is 0 Å². The van der Waals surface area contributed by atoms with Crippen LogP contribution in [0.2, 0.25) is 0 Å². The van der Waals surface area contributed by atoms with E-state index in [1.165, 1.54) is 5.56 Å². The van der Waals surface area contributed by atoms with Gasteiger partial charge < -0.3 is 30.2 Å². The Balaban J connectivity index is 0.00000480. The number of rotatable bonds is 6. The number of guanidine groups is 1. The van der Waals surface area contributed by atoms with Gasteiger partial charge in [-0.25, -0.2) is 4.79 Å². The highest BCUT2D eigenvalue weighted by molar-refractivity contribution is 14.0. The predicted octanol–water partition coefficient (Wildman–Crippen LogP) is 3.60. The van der Waals surface area contributed by atoms with E-state index in [4.69, 9.17) is 14.2 Å². The molecule has 0 saturated heterocycles. The molecule has 31 heavy (non-hydrogen) atoms. The smallest absolute Gasteiger partial charge is 0.408 e. The van der Waals surface area contributed by atoms with E-state index in [9.17, 15) is 4.79 Å². The molecule has 1 heterocycles. The molecule has 0 aromatic heterocycles. The number of aliphatic imine (C=N–C) groups is 1. The van der Waals surface area contributed by atoms with Gasteiger partial charge in [0, 0.05) is 37.7 Å². The van der Waals surface area contributed by atoms with Crippen LogP contribution in [-0.4, -0.2) is 50.0 Å². The summed E-state index contributed by atoms with van der Waals surface area (Å²) >= 11 is 0. The van der Waals surface area contributed by atoms with Crippen molar-refractivity contribution in [2.75, 3.05) is 20.7 Å². The highest BCUT2D eigenvalue weighted by Crippen LogP contribution is 2.34. The minimum Gasteiger partial charge on any atom is -0.496 e. The predicted molar refractivity (Wildman–Crippen MR) is 134 cm³/mol. The number of carbonyl (C=O) groups excluding carboxylic acids is 1. The van der Waals surface area contributed by atoms with Gasteiger partial charge in [-0.3, -0.25) is 4.99 Å². The number of halogens is 1. The van der Waals surface area contributed by atoms with Crippen LogP contribution >= 0.6 is 24.0 Å². The third-order valence-corrected chi connectivity index (χ3v) is 4.51. The first-order valence-corrected chi connectivity index (χ1v) is 10.2. The fourth-order valence-electron chi connectivity index (χ4n) is 3.14. The number of nitrogens with one attached hydrogen (secondary N) is 3. The molecular weight excluding hydrogens is 511 g/mol. The van der Waals surface area contributed by atoms with Crippen LogP contribution in [0.1, 0.15) is 52.7 Å². The van der Waals surface area contributed by atoms with E-state index in [0.717, 1.165) is 23.5 Å². The number of hydrogen-bond acceptors (Lipinski definition) is 5. The largest absolute Gasteiger partial charge is 0.496 e. The molecule has 0 aliphatic carbocycles. The van der Waals surface area contributed by atoms with Crippen LogP contribution in [0.25, 0.3) is 0 Å². The Hall–Kier alpha value is -1.91. The van der Waals surface area contributed by atoms with Gasteiger partial charge in [0.15, 0.2) is 5.96 Å². The van der Waals surface area contributed by atoms with Crippen LogP contribution in [0.3, 0.4) is 0 Å². The molecule has 1 aliphatic rings. The molecule has 1 unspecified atom stereocenters. The van der Waals surface area contributed by atoms with E-state index < -0.39 is 17.2 Å². The molecule has 1 aliphatic heterocycles. The fourth-order valence-corrected chi connectivity index (χ4v) is 3.14. The molecule has 0 saturated carbocycles. The highest BCUT2D eigenvalue weighted by atomic mass is 127. The van der Waals surface area contributed by atoms with Gasteiger partial charge in [-0.15, -0.1) is 24.0 Å². The van der Waals surface area contributed by atoms with Crippen molar-refractivity contribution >= 4 is 36.0 Å². The number of benzene rings is 1. The SMILES string of the molecule is CN=C(NCc1cc2c(cc1OC)CC(C)O2)NCC(C)(C)NC(=O)OC(C)(C)C.I. The van der Waals surface area contributed by atoms with Crippen molar-refractivity contribution in [1.82, 2.24) is 16.0 Å². The van der Waals surface area contributed by atoms with Gasteiger partial charge in [-0.1, -0.05) is 0 Å². The lowest BCUT2D eigenvalue weighted by Crippen LogP contribution is -2.54. The van der Waals surface area contributed by atoms with Gasteiger partial charge in [0.25, 0.3) is 0 Å². The topological polar surface area (TPSA) is 93.2 Å². The third kappa shape index (κ3) is 8.62. The van der Waals surface area contributed by atoms with Gasteiger partial charge in [0.1, 0.15) is 23.2 Å². The summed E-state index contributed by atoms with van der Waals surface area (Å²) in [6, 6.07) is 4.06. The standard InChI is InChI=1S/C22H36N4O4.HI/c1-14-9-15-10-17(28-8)16(11-18(15)29-14)12-24-19(23-7)25-13-22(5,6)26-20(27)30-21(2,3)4;/h10-11,14H,9,12-13H2,1-8H3,(H,26,27)(H2,23,24,25);1H. The molecule has 176 valence electrons. The number of nitrogens with zero attached hydrogens (tertiary/aromatic N) is 1. The van der Waals surface area contributed by atoms with Gasteiger partial charge in [-0.2, -0.15) is 0 Å². The molecule has 0 spiro atoms. The zero-order valence-electron chi connectivity index (χ0n) is 19.8. The maximum atomic E-state index is 12.1. The van der Waals surface area contributed by atoms with Crippen molar-refractivity contribution in [1.29, 1.82) is 0 Å². The summed E-state index contributed by atoms with van der Waals surface area (Å²) < 4.78 is 16.7. The zero-order chi connectivity index (χ0) is 22.5. The van der Waals surface area contributed by atoms with Crippen LogP contribution in [0.5, 0.6) is 11.5 Å². The molecule has 0 fully saturated rings. The van der Waals surface area contributed by atoms with Gasteiger partial charge in [-0.05, 0) is 53.7 Å². The molecule has 3 N–H and O–H groups in total. The van der Waals surface area contributed by atoms with Gasteiger partial charge in [0.05, 0.1) is 12.6 Å². The molecule has 9 heteroatoms. The Labute approximate surface area is 202 Å². The Kier molecular flexibility index (Phi) is 9.71. The Morgan fingerprint density at radius 3 is 2.48 bits per heavy atom. The molecule has 0 radical (unpaired) electrons. The molecule has 1 amide bonds. The molecule has 2 rings (SSSR count). The average Bonchev–Trinajstić information content (AvgIpc) is 2.97. The summed E-state index contributed by atoms with van der Waals surface area (Å²) in [7, 11) is 3.37. The highest BCUT2D eigenvalue weighted by Gasteiger charge is 2.25. The van der Waals surface area contributed by atoms with Crippen molar-refractivity contribution in [3.63, 3.8) is 0 Å². The molecule has 1 atom stereocenters. The first kappa shape index (κ1) is 27.1. The number of hydrogen-bond donors (Lipinski definition) is 3. The molecule has 1 aromatic carbocycles. The Morgan fingerprint density at radius 1 is 1.23 bits per heavy atom. The average molecular weight is 548 g/mol. The number of amides is 1. The van der Waals surface area contributed by atoms with E-state index >= 15 is 0 Å². The second-order valence-electron chi connectivity index (χ2n) is 9.19. The number of ether oxygens (including phenoxy) is 3. The fraction of sp³-hybridized carbons (Fsp3) is 0.636. The van der Waals surface area contributed by atoms with Crippen LogP contribution in [0.4, 0.5) is 4.79 Å². The van der Waals surface area contributed by atoms with Crippen LogP contribution < -0.4 is 25.4 Å². The van der Waals surface area contributed by atoms with Crippen LogP contribution in [0, 0.1) is 0 Å². The first-order valence-electron chi connectivity index (χ1n) is 10.2. The summed E-state index contributed by atoms with van der Waals surface area (Å²) in [6.07, 6.45) is 0.624. The summed E-state index contributed by atoms with van der Waals surface area (Å²) in [4.78, 5) is 16.3. The first-order chi connectivity index (χ1) is 13.9. The third-order valence-electron chi connectivity index (χ3n) is 4.51. The van der Waals surface area contributed by atoms with E-state index in [2.05, 4.69) is 27.9 Å². The lowest BCUT2D eigenvalue weighted by atomic mass is 10.1. The summed E-state index contributed by atoms with van der Waals surface area (Å²) in [6.45, 7) is 12.4. The molecule has 0 bridgehead atoms. The minimum absolute atomic E-state index is 0. The monoisotopic (exact) mass is 548 g/mol. The van der Waals surface area contributed by atoms with Crippen molar-refractivity contribution in [3.8, 4) is 11.5 Å². The lowest BCUT2D eigenvalue weighted by molar-refractivity contribution is 0.0474. The summed E-state index contributed by atoms with van der Waals surface area (Å²) in [5.41, 5.74) is 1.08. The number of carbonyl (C=O) groups is 1. The molecule has 8 nitrogen and oxygen atoms in total. The Morgan fingerprint density at radius 2 is 1.90 bits per heavy atom. The maximum Gasteiger partial charge on any atom is 0.408 e. The maximum absolute atomic E-state index is 12.1. The van der Waals surface area contributed by atoms with Crippen molar-refractivity contribution in [3.05, 3.63) is 23.3 Å². The molecular formula is C22H37IN4O4. The number of fused-ring (bicyclic) bond motifs is 1. The number of methoxy groups -OCH3 is 1. The van der Waals surface area contributed by atoms with Gasteiger partial charge >= 0.3 is 6.09 Å². The summed E-state index contributed by atoms with van der Waals surface area (Å²) in [5, 5.41) is 9.40. The van der Waals surface area contributed by atoms with E-state index in [1.54, 1.807) is 14.2 Å². The van der Waals surface area contributed by atoms with E-state index in [0.29, 0.717) is 19.0 Å².